The molecule has 0 amide bonds. The first-order valence-corrected chi connectivity index (χ1v) is 10.3. The largest absolute Gasteiger partial charge is 0.508 e. The number of ether oxygens (including phenoxy) is 6. The summed E-state index contributed by atoms with van der Waals surface area (Å²) < 4.78 is 29.4. The molecule has 8 heteroatoms. The molecule has 2 heterocycles. The van der Waals surface area contributed by atoms with Gasteiger partial charge in [0.2, 0.25) is 5.79 Å². The Labute approximate surface area is 187 Å². The van der Waals surface area contributed by atoms with Crippen molar-refractivity contribution in [2.24, 2.45) is 5.41 Å². The molecule has 32 heavy (non-hydrogen) atoms. The molecule has 0 saturated carbocycles. The predicted molar refractivity (Wildman–Crippen MR) is 114 cm³/mol. The second-order valence-corrected chi connectivity index (χ2v) is 7.80. The average Bonchev–Trinajstić information content (AvgIpc) is 2.84. The SMILES string of the molecule is COC1(OC)COC(=O)OC1.O=C1OCC(Cc2ccccc2)(Cc2ccccc2)CO1. The Morgan fingerprint density at radius 3 is 1.41 bits per heavy atom. The molecule has 2 aliphatic rings. The van der Waals surface area contributed by atoms with Crippen molar-refractivity contribution in [2.45, 2.75) is 18.6 Å². The molecule has 4 rings (SSSR count). The van der Waals surface area contributed by atoms with Gasteiger partial charge >= 0.3 is 12.3 Å². The van der Waals surface area contributed by atoms with Crippen LogP contribution in [0.15, 0.2) is 60.7 Å². The summed E-state index contributed by atoms with van der Waals surface area (Å²) in [5, 5.41) is 0. The molecule has 0 atom stereocenters. The summed E-state index contributed by atoms with van der Waals surface area (Å²) in [6.07, 6.45) is 0.410. The van der Waals surface area contributed by atoms with Crippen LogP contribution in [0, 0.1) is 5.41 Å². The van der Waals surface area contributed by atoms with Gasteiger partial charge in [-0.3, -0.25) is 0 Å². The standard InChI is InChI=1S/C18H18O3.C6H10O5/c19-17-20-13-18(14-21-17,11-15-7-3-1-4-8-15)12-16-9-5-2-6-10-16;1-8-6(9-2)3-10-5(7)11-4-6/h1-10H,11-14H2;3-4H2,1-2H3. The molecular formula is C24H28O8. The van der Waals surface area contributed by atoms with Crippen LogP contribution in [0.25, 0.3) is 0 Å². The Morgan fingerprint density at radius 2 is 1.03 bits per heavy atom. The summed E-state index contributed by atoms with van der Waals surface area (Å²) in [6, 6.07) is 20.5. The number of cyclic esters (lactones) is 4. The minimum atomic E-state index is -0.923. The number of rotatable bonds is 6. The van der Waals surface area contributed by atoms with Crippen molar-refractivity contribution in [3.63, 3.8) is 0 Å². The molecule has 8 nitrogen and oxygen atoms in total. The highest BCUT2D eigenvalue weighted by Gasteiger charge is 2.39. The molecule has 0 aliphatic carbocycles. The molecule has 2 aromatic carbocycles. The van der Waals surface area contributed by atoms with Crippen LogP contribution >= 0.6 is 0 Å². The summed E-state index contributed by atoms with van der Waals surface area (Å²) in [5.74, 6) is -0.923. The topological polar surface area (TPSA) is 89.5 Å². The highest BCUT2D eigenvalue weighted by molar-refractivity contribution is 5.61. The number of methoxy groups -OCH3 is 2. The molecular weight excluding hydrogens is 416 g/mol. The minimum Gasteiger partial charge on any atom is -0.434 e. The van der Waals surface area contributed by atoms with Crippen LogP contribution in [-0.4, -0.2) is 58.7 Å². The van der Waals surface area contributed by atoms with Crippen LogP contribution in [0.2, 0.25) is 0 Å². The highest BCUT2D eigenvalue weighted by atomic mass is 16.8. The fourth-order valence-electron chi connectivity index (χ4n) is 3.57. The molecule has 2 aliphatic heterocycles. The van der Waals surface area contributed by atoms with E-state index in [-0.39, 0.29) is 18.6 Å². The van der Waals surface area contributed by atoms with Gasteiger partial charge < -0.3 is 28.4 Å². The first-order chi connectivity index (χ1) is 15.5. The van der Waals surface area contributed by atoms with E-state index in [1.807, 2.05) is 36.4 Å². The highest BCUT2D eigenvalue weighted by Crippen LogP contribution is 2.32. The lowest BCUT2D eigenvalue weighted by Gasteiger charge is -2.36. The Morgan fingerprint density at radius 1 is 0.656 bits per heavy atom. The lowest BCUT2D eigenvalue weighted by Crippen LogP contribution is -2.48. The van der Waals surface area contributed by atoms with Gasteiger partial charge in [0, 0.05) is 19.6 Å². The maximum atomic E-state index is 11.2. The van der Waals surface area contributed by atoms with Crippen LogP contribution in [0.1, 0.15) is 11.1 Å². The molecule has 0 bridgehead atoms. The van der Waals surface area contributed by atoms with Crippen LogP contribution in [0.5, 0.6) is 0 Å². The molecule has 0 aromatic heterocycles. The predicted octanol–water partition coefficient (Wildman–Crippen LogP) is 3.77. The molecule has 2 aromatic rings. The van der Waals surface area contributed by atoms with E-state index in [0.717, 1.165) is 12.8 Å². The summed E-state index contributed by atoms with van der Waals surface area (Å²) in [5.41, 5.74) is 2.27. The van der Waals surface area contributed by atoms with E-state index in [1.165, 1.54) is 25.3 Å². The quantitative estimate of drug-likeness (QED) is 0.491. The third-order valence-corrected chi connectivity index (χ3v) is 5.40. The fourth-order valence-corrected chi connectivity index (χ4v) is 3.57. The fraction of sp³-hybridized carbons (Fsp3) is 0.417. The summed E-state index contributed by atoms with van der Waals surface area (Å²) in [4.78, 5) is 21.6. The number of hydrogen-bond acceptors (Lipinski definition) is 8. The zero-order valence-corrected chi connectivity index (χ0v) is 18.3. The lowest BCUT2D eigenvalue weighted by molar-refractivity contribution is -0.267. The van der Waals surface area contributed by atoms with Crippen molar-refractivity contribution in [1.82, 2.24) is 0 Å². The van der Waals surface area contributed by atoms with Gasteiger partial charge in [0.25, 0.3) is 0 Å². The summed E-state index contributed by atoms with van der Waals surface area (Å²) in [7, 11) is 2.93. The maximum absolute atomic E-state index is 11.2. The van der Waals surface area contributed by atoms with Gasteiger partial charge in [0.1, 0.15) is 13.2 Å². The summed E-state index contributed by atoms with van der Waals surface area (Å²) >= 11 is 0. The van der Waals surface area contributed by atoms with Gasteiger partial charge in [-0.1, -0.05) is 60.7 Å². The zero-order valence-electron chi connectivity index (χ0n) is 18.3. The van der Waals surface area contributed by atoms with Crippen molar-refractivity contribution in [3.05, 3.63) is 71.8 Å². The molecule has 0 radical (unpaired) electrons. The Balaban J connectivity index is 0.000000222. The number of benzene rings is 2. The van der Waals surface area contributed by atoms with E-state index in [4.69, 9.17) is 18.9 Å². The van der Waals surface area contributed by atoms with Crippen molar-refractivity contribution < 1.29 is 38.0 Å². The summed E-state index contributed by atoms with van der Waals surface area (Å²) in [6.45, 7) is 0.933. The van der Waals surface area contributed by atoms with E-state index >= 15 is 0 Å². The first-order valence-electron chi connectivity index (χ1n) is 10.3. The van der Waals surface area contributed by atoms with E-state index in [1.54, 1.807) is 0 Å². The molecule has 0 spiro atoms. The second kappa shape index (κ2) is 11.0. The van der Waals surface area contributed by atoms with Crippen LogP contribution < -0.4 is 0 Å². The lowest BCUT2D eigenvalue weighted by atomic mass is 9.77. The van der Waals surface area contributed by atoms with E-state index in [2.05, 4.69) is 33.7 Å². The average molecular weight is 444 g/mol. The normalized spacial score (nSPS) is 18.7. The van der Waals surface area contributed by atoms with Gasteiger partial charge in [0.05, 0.1) is 0 Å². The zero-order chi connectivity index (χ0) is 22.9. The number of carbonyl (C=O) groups excluding carboxylic acids is 2. The second-order valence-electron chi connectivity index (χ2n) is 7.80. The molecule has 0 N–H and O–H groups in total. The van der Waals surface area contributed by atoms with Crippen molar-refractivity contribution in [3.8, 4) is 0 Å². The first kappa shape index (κ1) is 23.6. The van der Waals surface area contributed by atoms with Gasteiger partial charge in [-0.2, -0.15) is 0 Å². The van der Waals surface area contributed by atoms with Gasteiger partial charge in [-0.25, -0.2) is 9.59 Å². The Hall–Kier alpha value is -3.10. The van der Waals surface area contributed by atoms with Gasteiger partial charge in [-0.15, -0.1) is 0 Å². The van der Waals surface area contributed by atoms with Crippen LogP contribution in [0.3, 0.4) is 0 Å². The minimum absolute atomic E-state index is 0.0683. The van der Waals surface area contributed by atoms with Crippen molar-refractivity contribution in [1.29, 1.82) is 0 Å². The van der Waals surface area contributed by atoms with Gasteiger partial charge in [0.15, 0.2) is 13.2 Å². The Bertz CT molecular complexity index is 799. The Kier molecular flexibility index (Phi) is 8.08. The van der Waals surface area contributed by atoms with Crippen molar-refractivity contribution in [2.75, 3.05) is 40.6 Å². The number of carbonyl (C=O) groups is 2. The number of hydrogen-bond donors (Lipinski definition) is 0. The van der Waals surface area contributed by atoms with Crippen LogP contribution in [-0.2, 0) is 41.3 Å². The monoisotopic (exact) mass is 444 g/mol. The molecule has 172 valence electrons. The third kappa shape index (κ3) is 6.45. The van der Waals surface area contributed by atoms with Gasteiger partial charge in [-0.05, 0) is 24.0 Å². The van der Waals surface area contributed by atoms with E-state index in [0.29, 0.717) is 13.2 Å². The molecule has 0 unspecified atom stereocenters. The smallest absolute Gasteiger partial charge is 0.434 e. The van der Waals surface area contributed by atoms with Crippen LogP contribution in [0.4, 0.5) is 9.59 Å². The molecule has 2 fully saturated rings. The third-order valence-electron chi connectivity index (χ3n) is 5.40. The van der Waals surface area contributed by atoms with E-state index in [9.17, 15) is 9.59 Å². The molecule has 2 saturated heterocycles. The maximum Gasteiger partial charge on any atom is 0.508 e. The van der Waals surface area contributed by atoms with E-state index < -0.39 is 18.1 Å². The van der Waals surface area contributed by atoms with Crippen molar-refractivity contribution >= 4 is 12.3 Å².